The Bertz CT molecular complexity index is 907. The standard InChI is InChI=1S/C16H11ClN2O3S/c17-12-3-1-2-10(6-12)9-18-16(20)15-8-11-7-13(19(21)22)4-5-14(11)23-15/h1-8H,9H2,(H,18,20). The van der Waals surface area contributed by atoms with Gasteiger partial charge in [-0.2, -0.15) is 0 Å². The first-order valence-electron chi connectivity index (χ1n) is 6.73. The maximum Gasteiger partial charge on any atom is 0.270 e. The van der Waals surface area contributed by atoms with Gasteiger partial charge in [-0.3, -0.25) is 14.9 Å². The Morgan fingerprint density at radius 3 is 2.78 bits per heavy atom. The molecule has 3 aromatic rings. The van der Waals surface area contributed by atoms with Crippen molar-refractivity contribution in [1.82, 2.24) is 5.32 Å². The van der Waals surface area contributed by atoms with E-state index in [4.69, 9.17) is 11.6 Å². The van der Waals surface area contributed by atoms with Crippen LogP contribution in [0.2, 0.25) is 5.02 Å². The van der Waals surface area contributed by atoms with Crippen molar-refractivity contribution < 1.29 is 9.72 Å². The van der Waals surface area contributed by atoms with E-state index in [0.717, 1.165) is 10.3 Å². The monoisotopic (exact) mass is 346 g/mol. The van der Waals surface area contributed by atoms with Gasteiger partial charge in [0.15, 0.2) is 0 Å². The van der Waals surface area contributed by atoms with E-state index in [9.17, 15) is 14.9 Å². The average Bonchev–Trinajstić information content (AvgIpc) is 2.95. The summed E-state index contributed by atoms with van der Waals surface area (Å²) in [7, 11) is 0. The third-order valence-corrected chi connectivity index (χ3v) is 4.63. The fourth-order valence-corrected chi connectivity index (χ4v) is 3.34. The van der Waals surface area contributed by atoms with Crippen molar-refractivity contribution in [1.29, 1.82) is 0 Å². The van der Waals surface area contributed by atoms with Crippen LogP contribution in [0.25, 0.3) is 10.1 Å². The Balaban J connectivity index is 1.77. The van der Waals surface area contributed by atoms with Crippen molar-refractivity contribution in [2.75, 3.05) is 0 Å². The number of fused-ring (bicyclic) bond motifs is 1. The Morgan fingerprint density at radius 1 is 1.22 bits per heavy atom. The lowest BCUT2D eigenvalue weighted by molar-refractivity contribution is -0.384. The van der Waals surface area contributed by atoms with E-state index in [0.29, 0.717) is 21.8 Å². The summed E-state index contributed by atoms with van der Waals surface area (Å²) in [6.45, 7) is 0.369. The number of hydrogen-bond donors (Lipinski definition) is 1. The minimum absolute atomic E-state index is 0.0150. The molecule has 0 spiro atoms. The van der Waals surface area contributed by atoms with Crippen molar-refractivity contribution in [3.8, 4) is 0 Å². The first-order chi connectivity index (χ1) is 11.0. The highest BCUT2D eigenvalue weighted by Gasteiger charge is 2.13. The van der Waals surface area contributed by atoms with Crippen LogP contribution in [-0.4, -0.2) is 10.8 Å². The summed E-state index contributed by atoms with van der Waals surface area (Å²) in [6, 6.07) is 13.5. The molecule has 2 aromatic carbocycles. The Kier molecular flexibility index (Phi) is 4.27. The van der Waals surface area contributed by atoms with Crippen LogP contribution in [0.5, 0.6) is 0 Å². The Labute approximate surface area is 140 Å². The number of nitrogens with one attached hydrogen (secondary N) is 1. The number of hydrogen-bond acceptors (Lipinski definition) is 4. The summed E-state index contributed by atoms with van der Waals surface area (Å²) in [5.41, 5.74) is 0.920. The Morgan fingerprint density at radius 2 is 2.04 bits per heavy atom. The van der Waals surface area contributed by atoms with Crippen molar-refractivity contribution in [3.05, 3.63) is 74.1 Å². The number of nitrogens with zero attached hydrogens (tertiary/aromatic N) is 1. The summed E-state index contributed by atoms with van der Waals surface area (Å²) >= 11 is 7.21. The zero-order chi connectivity index (χ0) is 16.4. The molecule has 1 heterocycles. The van der Waals surface area contributed by atoms with Gasteiger partial charge < -0.3 is 5.32 Å². The molecule has 0 saturated carbocycles. The molecular formula is C16H11ClN2O3S. The highest BCUT2D eigenvalue weighted by molar-refractivity contribution is 7.20. The van der Waals surface area contributed by atoms with Gasteiger partial charge in [0.1, 0.15) is 0 Å². The van der Waals surface area contributed by atoms with Gasteiger partial charge in [0.05, 0.1) is 9.80 Å². The summed E-state index contributed by atoms with van der Waals surface area (Å²) in [4.78, 5) is 23.1. The normalized spacial score (nSPS) is 10.7. The number of rotatable bonds is 4. The summed E-state index contributed by atoms with van der Waals surface area (Å²) < 4.78 is 0.837. The van der Waals surface area contributed by atoms with E-state index < -0.39 is 4.92 Å². The maximum atomic E-state index is 12.2. The zero-order valence-electron chi connectivity index (χ0n) is 11.8. The second-order valence-electron chi connectivity index (χ2n) is 4.90. The fraction of sp³-hybridized carbons (Fsp3) is 0.0625. The lowest BCUT2D eigenvalue weighted by Gasteiger charge is -2.03. The van der Waals surface area contributed by atoms with Crippen molar-refractivity contribution in [2.24, 2.45) is 0 Å². The molecule has 0 bridgehead atoms. The summed E-state index contributed by atoms with van der Waals surface area (Å²) in [5.74, 6) is -0.214. The van der Waals surface area contributed by atoms with Crippen molar-refractivity contribution >= 4 is 44.6 Å². The molecule has 0 atom stereocenters. The maximum absolute atomic E-state index is 12.2. The molecule has 0 saturated heterocycles. The first-order valence-corrected chi connectivity index (χ1v) is 7.93. The van der Waals surface area contributed by atoms with Crippen LogP contribution in [0.4, 0.5) is 5.69 Å². The largest absolute Gasteiger partial charge is 0.347 e. The number of halogens is 1. The van der Waals surface area contributed by atoms with E-state index >= 15 is 0 Å². The first kappa shape index (κ1) is 15.5. The fourth-order valence-electron chi connectivity index (χ4n) is 2.17. The molecule has 0 aliphatic heterocycles. The molecule has 1 N–H and O–H groups in total. The number of amides is 1. The zero-order valence-corrected chi connectivity index (χ0v) is 13.4. The predicted molar refractivity (Wildman–Crippen MR) is 91.1 cm³/mol. The lowest BCUT2D eigenvalue weighted by atomic mass is 10.2. The molecule has 0 aliphatic rings. The number of carbonyl (C=O) groups excluding carboxylic acids is 1. The number of nitro groups is 1. The molecule has 7 heteroatoms. The number of non-ortho nitro benzene ring substituents is 1. The molecule has 0 aliphatic carbocycles. The predicted octanol–water partition coefficient (Wildman–Crippen LogP) is 4.39. The smallest absolute Gasteiger partial charge is 0.270 e. The van der Waals surface area contributed by atoms with E-state index in [1.165, 1.54) is 23.5 Å². The third kappa shape index (κ3) is 3.49. The van der Waals surface area contributed by atoms with Gasteiger partial charge in [0.25, 0.3) is 11.6 Å². The van der Waals surface area contributed by atoms with Crippen molar-refractivity contribution in [3.63, 3.8) is 0 Å². The molecule has 5 nitrogen and oxygen atoms in total. The van der Waals surface area contributed by atoms with E-state index in [1.807, 2.05) is 12.1 Å². The van der Waals surface area contributed by atoms with Crippen LogP contribution >= 0.6 is 22.9 Å². The molecule has 1 aromatic heterocycles. The van der Waals surface area contributed by atoms with Gasteiger partial charge in [0.2, 0.25) is 0 Å². The second kappa shape index (κ2) is 6.36. The van der Waals surface area contributed by atoms with Gasteiger partial charge in [0, 0.05) is 33.8 Å². The quantitative estimate of drug-likeness (QED) is 0.562. The van der Waals surface area contributed by atoms with Crippen LogP contribution in [0.3, 0.4) is 0 Å². The molecule has 116 valence electrons. The van der Waals surface area contributed by atoms with E-state index in [1.54, 1.807) is 24.3 Å². The minimum atomic E-state index is -0.448. The molecule has 3 rings (SSSR count). The molecule has 0 fully saturated rings. The van der Waals surface area contributed by atoms with Crippen LogP contribution in [0.1, 0.15) is 15.2 Å². The van der Waals surface area contributed by atoms with Gasteiger partial charge in [-0.05, 0) is 29.8 Å². The van der Waals surface area contributed by atoms with Crippen LogP contribution in [0, 0.1) is 10.1 Å². The molecule has 0 radical (unpaired) electrons. The van der Waals surface area contributed by atoms with Crippen molar-refractivity contribution in [2.45, 2.75) is 6.54 Å². The van der Waals surface area contributed by atoms with Crippen LogP contribution < -0.4 is 5.32 Å². The number of nitro benzene ring substituents is 1. The van der Waals surface area contributed by atoms with E-state index in [-0.39, 0.29) is 11.6 Å². The van der Waals surface area contributed by atoms with Gasteiger partial charge >= 0.3 is 0 Å². The summed E-state index contributed by atoms with van der Waals surface area (Å²) in [5, 5.41) is 14.9. The lowest BCUT2D eigenvalue weighted by Crippen LogP contribution is -2.21. The second-order valence-corrected chi connectivity index (χ2v) is 6.42. The molecule has 0 unspecified atom stereocenters. The number of carbonyl (C=O) groups is 1. The average molecular weight is 347 g/mol. The van der Waals surface area contributed by atoms with Crippen LogP contribution in [-0.2, 0) is 6.54 Å². The third-order valence-electron chi connectivity index (χ3n) is 3.28. The number of thiophene rings is 1. The van der Waals surface area contributed by atoms with Crippen LogP contribution in [0.15, 0.2) is 48.5 Å². The topological polar surface area (TPSA) is 72.2 Å². The number of benzene rings is 2. The van der Waals surface area contributed by atoms with Gasteiger partial charge in [-0.1, -0.05) is 23.7 Å². The highest BCUT2D eigenvalue weighted by atomic mass is 35.5. The van der Waals surface area contributed by atoms with E-state index in [2.05, 4.69) is 5.32 Å². The highest BCUT2D eigenvalue weighted by Crippen LogP contribution is 2.28. The minimum Gasteiger partial charge on any atom is -0.347 e. The summed E-state index contributed by atoms with van der Waals surface area (Å²) in [6.07, 6.45) is 0. The molecule has 1 amide bonds. The Hall–Kier alpha value is -2.44. The molecule has 23 heavy (non-hydrogen) atoms. The van der Waals surface area contributed by atoms with Gasteiger partial charge in [-0.25, -0.2) is 0 Å². The molecular weight excluding hydrogens is 336 g/mol. The SMILES string of the molecule is O=C(NCc1cccc(Cl)c1)c1cc2cc([N+](=O)[O-])ccc2s1. The van der Waals surface area contributed by atoms with Gasteiger partial charge in [-0.15, -0.1) is 11.3 Å².